The van der Waals surface area contributed by atoms with E-state index in [0.29, 0.717) is 12.7 Å². The third kappa shape index (κ3) is 3.65. The molecule has 0 aliphatic rings. The van der Waals surface area contributed by atoms with Crippen LogP contribution in [-0.2, 0) is 4.79 Å². The van der Waals surface area contributed by atoms with Crippen LogP contribution in [0.2, 0.25) is 0 Å². The van der Waals surface area contributed by atoms with E-state index in [2.05, 4.69) is 6.58 Å². The summed E-state index contributed by atoms with van der Waals surface area (Å²) in [6.45, 7) is 3.36. The average Bonchev–Trinajstić information content (AvgIpc) is 1.86. The maximum atomic E-state index is 10.1. The van der Waals surface area contributed by atoms with Crippen LogP contribution >= 0.6 is 0 Å². The summed E-state index contributed by atoms with van der Waals surface area (Å²) in [5, 5.41) is 10.1. The summed E-state index contributed by atoms with van der Waals surface area (Å²) in [6.07, 6.45) is 1.15. The van der Waals surface area contributed by atoms with Gasteiger partial charge < -0.3 is 15.2 Å². The van der Waals surface area contributed by atoms with Gasteiger partial charge in [0.2, 0.25) is 0 Å². The highest BCUT2D eigenvalue weighted by Gasteiger charge is 2.06. The maximum absolute atomic E-state index is 10.1. The first kappa shape index (κ1) is 8.68. The molecule has 10 heavy (non-hydrogen) atoms. The first-order chi connectivity index (χ1) is 4.70. The molecule has 0 aromatic rings. The Balaban J connectivity index is 3.70. The van der Waals surface area contributed by atoms with Gasteiger partial charge in [-0.15, -0.1) is 6.58 Å². The van der Waals surface area contributed by atoms with Crippen molar-refractivity contribution in [2.45, 2.75) is 12.5 Å². The van der Waals surface area contributed by atoms with Crippen molar-refractivity contribution in [3.8, 4) is 0 Å². The Morgan fingerprint density at radius 3 is 2.70 bits per heavy atom. The van der Waals surface area contributed by atoms with Gasteiger partial charge in [0.15, 0.2) is 0 Å². The molecular formula is C6H9NO3. The molecule has 0 aliphatic heterocycles. The molecule has 0 aromatic heterocycles. The van der Waals surface area contributed by atoms with Crippen molar-refractivity contribution in [1.82, 2.24) is 5.32 Å². The van der Waals surface area contributed by atoms with Crippen LogP contribution < -0.4 is 5.32 Å². The molecule has 1 amide bonds. The van der Waals surface area contributed by atoms with Crippen molar-refractivity contribution < 1.29 is 14.7 Å². The van der Waals surface area contributed by atoms with Crippen molar-refractivity contribution in [2.24, 2.45) is 0 Å². The van der Waals surface area contributed by atoms with E-state index in [1.54, 1.807) is 0 Å². The van der Waals surface area contributed by atoms with Crippen molar-refractivity contribution >= 4 is 12.4 Å². The molecule has 4 nitrogen and oxygen atoms in total. The fourth-order valence-electron chi connectivity index (χ4n) is 0.487. The quantitative estimate of drug-likeness (QED) is 0.442. The number of carbonyl (C=O) groups is 2. The smallest absolute Gasteiger partial charge is 0.405 e. The number of hydrogen-bond donors (Lipinski definition) is 2. The minimum atomic E-state index is -1.20. The Kier molecular flexibility index (Phi) is 3.95. The Bertz CT molecular complexity index is 144. The predicted molar refractivity (Wildman–Crippen MR) is 35.8 cm³/mol. The third-order valence-corrected chi connectivity index (χ3v) is 0.894. The summed E-state index contributed by atoms with van der Waals surface area (Å²) in [5.74, 6) is 0. The fraction of sp³-hybridized carbons (Fsp3) is 0.333. The summed E-state index contributed by atoms with van der Waals surface area (Å²) >= 11 is 0. The number of carbonyl (C=O) groups excluding carboxylic acids is 1. The van der Waals surface area contributed by atoms with Crippen molar-refractivity contribution in [1.29, 1.82) is 0 Å². The van der Waals surface area contributed by atoms with Crippen LogP contribution in [-0.4, -0.2) is 23.5 Å². The van der Waals surface area contributed by atoms with Gasteiger partial charge >= 0.3 is 6.09 Å². The molecule has 0 rings (SSSR count). The van der Waals surface area contributed by atoms with Crippen LogP contribution in [0, 0.1) is 0 Å². The first-order valence-corrected chi connectivity index (χ1v) is 2.76. The molecular weight excluding hydrogens is 134 g/mol. The SMILES string of the molecule is C=CC[C@@H](C=O)NC(=O)O. The minimum Gasteiger partial charge on any atom is -0.465 e. The van der Waals surface area contributed by atoms with Gasteiger partial charge in [-0.1, -0.05) is 6.08 Å². The summed E-state index contributed by atoms with van der Waals surface area (Å²) in [7, 11) is 0. The highest BCUT2D eigenvalue weighted by molar-refractivity contribution is 5.71. The lowest BCUT2D eigenvalue weighted by Gasteiger charge is -2.04. The van der Waals surface area contributed by atoms with Crippen molar-refractivity contribution in [2.75, 3.05) is 0 Å². The fourth-order valence-corrected chi connectivity index (χ4v) is 0.487. The molecule has 0 bridgehead atoms. The number of carboxylic acid groups (broad SMARTS) is 1. The van der Waals surface area contributed by atoms with Crippen LogP contribution in [0.5, 0.6) is 0 Å². The van der Waals surface area contributed by atoms with E-state index >= 15 is 0 Å². The molecule has 0 saturated heterocycles. The molecule has 0 heterocycles. The molecule has 2 N–H and O–H groups in total. The standard InChI is InChI=1S/C6H9NO3/c1-2-3-5(4-8)7-6(9)10/h2,4-5,7H,1,3H2,(H,9,10)/t5-/m0/s1. The van der Waals surface area contributed by atoms with E-state index in [-0.39, 0.29) is 0 Å². The number of amides is 1. The monoisotopic (exact) mass is 143 g/mol. The summed E-state index contributed by atoms with van der Waals surface area (Å²) in [5.41, 5.74) is 0. The second-order valence-electron chi connectivity index (χ2n) is 1.72. The maximum Gasteiger partial charge on any atom is 0.405 e. The van der Waals surface area contributed by atoms with E-state index in [1.165, 1.54) is 6.08 Å². The van der Waals surface area contributed by atoms with Crippen molar-refractivity contribution in [3.63, 3.8) is 0 Å². The van der Waals surface area contributed by atoms with Crippen LogP contribution in [0.1, 0.15) is 6.42 Å². The van der Waals surface area contributed by atoms with E-state index in [1.807, 2.05) is 5.32 Å². The Labute approximate surface area is 58.5 Å². The average molecular weight is 143 g/mol. The summed E-state index contributed by atoms with van der Waals surface area (Å²) in [6, 6.07) is -0.657. The second-order valence-corrected chi connectivity index (χ2v) is 1.72. The van der Waals surface area contributed by atoms with Crippen LogP contribution in [0.4, 0.5) is 4.79 Å². The molecule has 0 saturated carbocycles. The largest absolute Gasteiger partial charge is 0.465 e. The van der Waals surface area contributed by atoms with Gasteiger partial charge in [0.25, 0.3) is 0 Å². The first-order valence-electron chi connectivity index (χ1n) is 2.76. The lowest BCUT2D eigenvalue weighted by atomic mass is 10.2. The number of nitrogens with one attached hydrogen (secondary N) is 1. The van der Waals surface area contributed by atoms with Gasteiger partial charge in [-0.2, -0.15) is 0 Å². The number of hydrogen-bond acceptors (Lipinski definition) is 2. The highest BCUT2D eigenvalue weighted by atomic mass is 16.4. The minimum absolute atomic E-state index is 0.329. The lowest BCUT2D eigenvalue weighted by molar-refractivity contribution is -0.109. The van der Waals surface area contributed by atoms with Gasteiger partial charge in [-0.3, -0.25) is 0 Å². The zero-order valence-corrected chi connectivity index (χ0v) is 5.41. The van der Waals surface area contributed by atoms with E-state index in [0.717, 1.165) is 0 Å². The zero-order valence-electron chi connectivity index (χ0n) is 5.41. The Morgan fingerprint density at radius 1 is 1.80 bits per heavy atom. The van der Waals surface area contributed by atoms with Crippen molar-refractivity contribution in [3.05, 3.63) is 12.7 Å². The van der Waals surface area contributed by atoms with Crippen LogP contribution in [0.15, 0.2) is 12.7 Å². The normalized spacial score (nSPS) is 11.6. The zero-order chi connectivity index (χ0) is 7.98. The molecule has 1 atom stereocenters. The van der Waals surface area contributed by atoms with Gasteiger partial charge in [-0.25, -0.2) is 4.79 Å². The van der Waals surface area contributed by atoms with E-state index in [9.17, 15) is 9.59 Å². The topological polar surface area (TPSA) is 66.4 Å². The molecule has 0 fully saturated rings. The highest BCUT2D eigenvalue weighted by Crippen LogP contribution is 1.87. The predicted octanol–water partition coefficient (Wildman–Crippen LogP) is 0.398. The number of aldehydes is 1. The lowest BCUT2D eigenvalue weighted by Crippen LogP contribution is -2.34. The molecule has 0 aromatic carbocycles. The van der Waals surface area contributed by atoms with Gasteiger partial charge in [-0.05, 0) is 6.42 Å². The van der Waals surface area contributed by atoms with Crippen LogP contribution in [0.25, 0.3) is 0 Å². The van der Waals surface area contributed by atoms with Gasteiger partial charge in [0, 0.05) is 0 Å². The molecule has 4 heteroatoms. The molecule has 0 unspecified atom stereocenters. The Hall–Kier alpha value is -1.32. The molecule has 0 aliphatic carbocycles. The summed E-state index contributed by atoms with van der Waals surface area (Å²) < 4.78 is 0. The Morgan fingerprint density at radius 2 is 2.40 bits per heavy atom. The second kappa shape index (κ2) is 4.55. The molecule has 0 radical (unpaired) electrons. The van der Waals surface area contributed by atoms with Gasteiger partial charge in [0.1, 0.15) is 6.29 Å². The molecule has 0 spiro atoms. The molecule has 56 valence electrons. The van der Waals surface area contributed by atoms with Crippen LogP contribution in [0.3, 0.4) is 0 Å². The third-order valence-electron chi connectivity index (χ3n) is 0.894. The van der Waals surface area contributed by atoms with E-state index in [4.69, 9.17) is 5.11 Å². The van der Waals surface area contributed by atoms with Gasteiger partial charge in [0.05, 0.1) is 6.04 Å². The van der Waals surface area contributed by atoms with E-state index < -0.39 is 12.1 Å². The number of rotatable bonds is 4. The summed E-state index contributed by atoms with van der Waals surface area (Å²) in [4.78, 5) is 20.0.